The van der Waals surface area contributed by atoms with Gasteiger partial charge in [0.15, 0.2) is 0 Å². The Balaban J connectivity index is 1.75. The normalized spacial score (nSPS) is 11.0. The average Bonchev–Trinajstić information content (AvgIpc) is 2.92. The van der Waals surface area contributed by atoms with Gasteiger partial charge in [0.25, 0.3) is 0 Å². The van der Waals surface area contributed by atoms with Crippen molar-refractivity contribution in [2.24, 2.45) is 0 Å². The summed E-state index contributed by atoms with van der Waals surface area (Å²) in [5.41, 5.74) is 5.33. The Morgan fingerprint density at radius 3 is 2.67 bits per heavy atom. The zero-order valence-electron chi connectivity index (χ0n) is 12.8. The van der Waals surface area contributed by atoms with Crippen LogP contribution in [0.3, 0.4) is 0 Å². The van der Waals surface area contributed by atoms with Crippen LogP contribution in [0.15, 0.2) is 54.7 Å². The van der Waals surface area contributed by atoms with E-state index in [1.54, 1.807) is 0 Å². The molecule has 0 saturated carbocycles. The van der Waals surface area contributed by atoms with Gasteiger partial charge < -0.3 is 9.88 Å². The highest BCUT2D eigenvalue weighted by atomic mass is 15.0. The van der Waals surface area contributed by atoms with Gasteiger partial charge in [-0.05, 0) is 42.0 Å². The quantitative estimate of drug-likeness (QED) is 0.720. The van der Waals surface area contributed by atoms with Gasteiger partial charge in [-0.25, -0.2) is 0 Å². The van der Waals surface area contributed by atoms with Crippen LogP contribution in [0.5, 0.6) is 0 Å². The molecule has 2 aromatic carbocycles. The Labute approximate surface area is 126 Å². The summed E-state index contributed by atoms with van der Waals surface area (Å²) < 4.78 is 2.36. The van der Waals surface area contributed by atoms with E-state index in [1.807, 2.05) is 0 Å². The van der Waals surface area contributed by atoms with Gasteiger partial charge in [-0.1, -0.05) is 43.3 Å². The first kappa shape index (κ1) is 13.7. The molecule has 0 bridgehead atoms. The molecular weight excluding hydrogens is 256 g/mol. The zero-order chi connectivity index (χ0) is 14.7. The molecule has 2 heteroatoms. The molecule has 3 aromatic rings. The van der Waals surface area contributed by atoms with Crippen molar-refractivity contribution in [3.63, 3.8) is 0 Å². The number of hydrogen-bond donors (Lipinski definition) is 1. The Morgan fingerprint density at radius 2 is 1.86 bits per heavy atom. The number of rotatable bonds is 5. The SMILES string of the molecule is CCc1cccc2ccn(CCNc3ccccc3C)c12. The molecule has 1 heterocycles. The van der Waals surface area contributed by atoms with Gasteiger partial charge in [-0.15, -0.1) is 0 Å². The van der Waals surface area contributed by atoms with E-state index in [1.165, 1.54) is 27.7 Å². The van der Waals surface area contributed by atoms with Gasteiger partial charge in [0, 0.05) is 25.0 Å². The minimum atomic E-state index is 0.937. The summed E-state index contributed by atoms with van der Waals surface area (Å²) >= 11 is 0. The highest BCUT2D eigenvalue weighted by Gasteiger charge is 2.05. The van der Waals surface area contributed by atoms with Gasteiger partial charge in [-0.2, -0.15) is 0 Å². The van der Waals surface area contributed by atoms with E-state index >= 15 is 0 Å². The Bertz CT molecular complexity index is 740. The van der Waals surface area contributed by atoms with Gasteiger partial charge in [0.1, 0.15) is 0 Å². The van der Waals surface area contributed by atoms with Crippen LogP contribution in [-0.4, -0.2) is 11.1 Å². The summed E-state index contributed by atoms with van der Waals surface area (Å²) in [6.07, 6.45) is 3.27. The number of para-hydroxylation sites is 2. The van der Waals surface area contributed by atoms with Crippen LogP contribution in [-0.2, 0) is 13.0 Å². The molecule has 0 fully saturated rings. The fourth-order valence-corrected chi connectivity index (χ4v) is 2.89. The number of fused-ring (bicyclic) bond motifs is 1. The minimum absolute atomic E-state index is 0.937. The molecule has 0 aliphatic carbocycles. The highest BCUT2D eigenvalue weighted by molar-refractivity contribution is 5.83. The van der Waals surface area contributed by atoms with E-state index in [9.17, 15) is 0 Å². The molecule has 2 nitrogen and oxygen atoms in total. The number of nitrogens with zero attached hydrogens (tertiary/aromatic N) is 1. The van der Waals surface area contributed by atoms with Crippen LogP contribution in [0, 0.1) is 6.92 Å². The maximum absolute atomic E-state index is 3.53. The van der Waals surface area contributed by atoms with E-state index < -0.39 is 0 Å². The molecule has 1 aromatic heterocycles. The Morgan fingerprint density at radius 1 is 1.00 bits per heavy atom. The molecule has 0 atom stereocenters. The van der Waals surface area contributed by atoms with Gasteiger partial charge >= 0.3 is 0 Å². The number of benzene rings is 2. The van der Waals surface area contributed by atoms with Crippen molar-refractivity contribution >= 4 is 16.6 Å². The molecule has 0 aliphatic heterocycles. The van der Waals surface area contributed by atoms with E-state index in [2.05, 4.69) is 78.5 Å². The Kier molecular flexibility index (Phi) is 3.96. The lowest BCUT2D eigenvalue weighted by molar-refractivity contribution is 0.754. The lowest BCUT2D eigenvalue weighted by Crippen LogP contribution is -2.11. The Hall–Kier alpha value is -2.22. The van der Waals surface area contributed by atoms with Crippen molar-refractivity contribution in [3.8, 4) is 0 Å². The molecular formula is C19H22N2. The molecule has 0 radical (unpaired) electrons. The van der Waals surface area contributed by atoms with Crippen molar-refractivity contribution in [3.05, 3.63) is 65.9 Å². The number of anilines is 1. The second-order valence-corrected chi connectivity index (χ2v) is 5.46. The fourth-order valence-electron chi connectivity index (χ4n) is 2.89. The first-order valence-corrected chi connectivity index (χ1v) is 7.66. The molecule has 0 spiro atoms. The number of hydrogen-bond acceptors (Lipinski definition) is 1. The lowest BCUT2D eigenvalue weighted by Gasteiger charge is -2.12. The van der Waals surface area contributed by atoms with Crippen molar-refractivity contribution in [2.75, 3.05) is 11.9 Å². The maximum Gasteiger partial charge on any atom is 0.0513 e. The molecule has 1 N–H and O–H groups in total. The molecule has 0 saturated heterocycles. The van der Waals surface area contributed by atoms with Crippen LogP contribution in [0.1, 0.15) is 18.1 Å². The number of nitrogens with one attached hydrogen (secondary N) is 1. The van der Waals surface area contributed by atoms with Crippen molar-refractivity contribution in [2.45, 2.75) is 26.8 Å². The molecule has 3 rings (SSSR count). The summed E-state index contributed by atoms with van der Waals surface area (Å²) in [5.74, 6) is 0. The van der Waals surface area contributed by atoms with E-state index in [4.69, 9.17) is 0 Å². The predicted octanol–water partition coefficient (Wildman–Crippen LogP) is 4.62. The topological polar surface area (TPSA) is 17.0 Å². The highest BCUT2D eigenvalue weighted by Crippen LogP contribution is 2.21. The molecule has 0 aliphatic rings. The van der Waals surface area contributed by atoms with Crippen molar-refractivity contribution in [1.82, 2.24) is 4.57 Å². The minimum Gasteiger partial charge on any atom is -0.383 e. The largest absolute Gasteiger partial charge is 0.383 e. The van der Waals surface area contributed by atoms with E-state index in [-0.39, 0.29) is 0 Å². The molecule has 21 heavy (non-hydrogen) atoms. The van der Waals surface area contributed by atoms with Crippen LogP contribution in [0.2, 0.25) is 0 Å². The first-order chi connectivity index (χ1) is 10.3. The summed E-state index contributed by atoms with van der Waals surface area (Å²) in [6, 6.07) is 17.2. The third kappa shape index (κ3) is 2.80. The first-order valence-electron chi connectivity index (χ1n) is 7.66. The third-order valence-corrected chi connectivity index (χ3v) is 4.07. The second-order valence-electron chi connectivity index (χ2n) is 5.46. The molecule has 0 unspecified atom stereocenters. The molecule has 0 amide bonds. The number of aryl methyl sites for hydroxylation is 2. The van der Waals surface area contributed by atoms with Crippen molar-refractivity contribution in [1.29, 1.82) is 0 Å². The average molecular weight is 278 g/mol. The van der Waals surface area contributed by atoms with Crippen LogP contribution >= 0.6 is 0 Å². The summed E-state index contributed by atoms with van der Waals surface area (Å²) in [6.45, 7) is 6.28. The summed E-state index contributed by atoms with van der Waals surface area (Å²) in [7, 11) is 0. The van der Waals surface area contributed by atoms with Crippen molar-refractivity contribution < 1.29 is 0 Å². The van der Waals surface area contributed by atoms with Gasteiger partial charge in [0.05, 0.1) is 5.52 Å². The maximum atomic E-state index is 3.53. The van der Waals surface area contributed by atoms with E-state index in [0.717, 1.165) is 19.5 Å². The monoisotopic (exact) mass is 278 g/mol. The summed E-state index contributed by atoms with van der Waals surface area (Å²) in [5, 5.41) is 4.87. The zero-order valence-corrected chi connectivity index (χ0v) is 12.8. The standard InChI is InChI=1S/C19H22N2/c1-3-16-8-6-9-17-11-13-21(19(16)17)14-12-20-18-10-5-4-7-15(18)2/h4-11,13,20H,3,12,14H2,1-2H3. The fraction of sp³-hybridized carbons (Fsp3) is 0.263. The second kappa shape index (κ2) is 6.04. The predicted molar refractivity (Wildman–Crippen MR) is 91.0 cm³/mol. The van der Waals surface area contributed by atoms with Crippen LogP contribution in [0.25, 0.3) is 10.9 Å². The molecule has 108 valence electrons. The smallest absolute Gasteiger partial charge is 0.0513 e. The van der Waals surface area contributed by atoms with Crippen LogP contribution < -0.4 is 5.32 Å². The number of aromatic nitrogens is 1. The van der Waals surface area contributed by atoms with Crippen LogP contribution in [0.4, 0.5) is 5.69 Å². The summed E-state index contributed by atoms with van der Waals surface area (Å²) in [4.78, 5) is 0. The lowest BCUT2D eigenvalue weighted by atomic mass is 10.1. The van der Waals surface area contributed by atoms with Gasteiger partial charge in [-0.3, -0.25) is 0 Å². The van der Waals surface area contributed by atoms with E-state index in [0.29, 0.717) is 0 Å². The third-order valence-electron chi connectivity index (χ3n) is 4.07. The van der Waals surface area contributed by atoms with Gasteiger partial charge in [0.2, 0.25) is 0 Å².